The molecule has 14 heavy (non-hydrogen) atoms. The van der Waals surface area contributed by atoms with Crippen LogP contribution < -0.4 is 10.6 Å². The molecule has 0 aliphatic carbocycles. The highest BCUT2D eigenvalue weighted by molar-refractivity contribution is 5.74. The molecule has 80 valence electrons. The molecule has 0 spiro atoms. The molecule has 0 aromatic rings. The molecule has 0 aromatic heterocycles. The third-order valence-corrected chi connectivity index (χ3v) is 1.88. The van der Waals surface area contributed by atoms with E-state index >= 15 is 0 Å². The topological polar surface area (TPSA) is 50.4 Å². The summed E-state index contributed by atoms with van der Waals surface area (Å²) in [6.45, 7) is 5.88. The number of ether oxygens (including phenoxy) is 1. The van der Waals surface area contributed by atoms with Crippen molar-refractivity contribution in [2.75, 3.05) is 19.8 Å². The highest BCUT2D eigenvalue weighted by atomic mass is 16.5. The van der Waals surface area contributed by atoms with Gasteiger partial charge in [-0.15, -0.1) is 0 Å². The lowest BCUT2D eigenvalue weighted by atomic mass is 10.2. The van der Waals surface area contributed by atoms with E-state index in [0.717, 1.165) is 18.6 Å². The van der Waals surface area contributed by atoms with E-state index in [1.54, 1.807) is 0 Å². The van der Waals surface area contributed by atoms with Gasteiger partial charge in [-0.2, -0.15) is 0 Å². The Morgan fingerprint density at radius 2 is 2.43 bits per heavy atom. The summed E-state index contributed by atoms with van der Waals surface area (Å²) in [5, 5.41) is 5.55. The van der Waals surface area contributed by atoms with Crippen LogP contribution in [0.2, 0.25) is 0 Å². The molecule has 0 radical (unpaired) electrons. The van der Waals surface area contributed by atoms with E-state index in [4.69, 9.17) is 4.74 Å². The Balaban J connectivity index is 2.19. The Bertz CT molecular complexity index is 224. The standard InChI is InChI=1S/C10H18N2O2/c1-8(2)12-10(13)11-6-9-4-3-5-14-7-9/h4,8H,3,5-7H2,1-2H3,(H2,11,12,13). The summed E-state index contributed by atoms with van der Waals surface area (Å²) in [4.78, 5) is 11.2. The zero-order valence-electron chi connectivity index (χ0n) is 8.80. The molecule has 0 unspecified atom stereocenters. The summed E-state index contributed by atoms with van der Waals surface area (Å²) >= 11 is 0. The summed E-state index contributed by atoms with van der Waals surface area (Å²) < 4.78 is 5.26. The summed E-state index contributed by atoms with van der Waals surface area (Å²) in [5.74, 6) is 0. The van der Waals surface area contributed by atoms with Gasteiger partial charge < -0.3 is 15.4 Å². The van der Waals surface area contributed by atoms with Crippen molar-refractivity contribution < 1.29 is 9.53 Å². The normalized spacial score (nSPS) is 16.4. The van der Waals surface area contributed by atoms with Gasteiger partial charge in [-0.25, -0.2) is 4.79 Å². The van der Waals surface area contributed by atoms with Crippen LogP contribution in [0, 0.1) is 0 Å². The second-order valence-corrected chi connectivity index (χ2v) is 3.69. The van der Waals surface area contributed by atoms with E-state index in [1.165, 1.54) is 0 Å². The highest BCUT2D eigenvalue weighted by Gasteiger charge is 2.06. The second-order valence-electron chi connectivity index (χ2n) is 3.69. The van der Waals surface area contributed by atoms with Crippen LogP contribution in [0.4, 0.5) is 4.79 Å². The van der Waals surface area contributed by atoms with Crippen LogP contribution in [0.1, 0.15) is 20.3 Å². The fraction of sp³-hybridized carbons (Fsp3) is 0.700. The first-order chi connectivity index (χ1) is 6.68. The van der Waals surface area contributed by atoms with Gasteiger partial charge in [0.1, 0.15) is 0 Å². The fourth-order valence-corrected chi connectivity index (χ4v) is 1.24. The lowest BCUT2D eigenvalue weighted by molar-refractivity contribution is 0.149. The van der Waals surface area contributed by atoms with Gasteiger partial charge in [0.05, 0.1) is 13.2 Å². The molecule has 1 aliphatic heterocycles. The van der Waals surface area contributed by atoms with Gasteiger partial charge in [0, 0.05) is 12.6 Å². The zero-order valence-corrected chi connectivity index (χ0v) is 8.80. The Hall–Kier alpha value is -1.03. The van der Waals surface area contributed by atoms with Crippen molar-refractivity contribution in [3.63, 3.8) is 0 Å². The minimum atomic E-state index is -0.119. The van der Waals surface area contributed by atoms with Crippen molar-refractivity contribution in [1.82, 2.24) is 10.6 Å². The van der Waals surface area contributed by atoms with Gasteiger partial charge in [-0.1, -0.05) is 6.08 Å². The molecule has 1 rings (SSSR count). The van der Waals surface area contributed by atoms with Gasteiger partial charge >= 0.3 is 6.03 Å². The largest absolute Gasteiger partial charge is 0.377 e. The number of hydrogen-bond acceptors (Lipinski definition) is 2. The van der Waals surface area contributed by atoms with Gasteiger partial charge in [0.15, 0.2) is 0 Å². The third-order valence-electron chi connectivity index (χ3n) is 1.88. The molecular formula is C10H18N2O2. The number of nitrogens with one attached hydrogen (secondary N) is 2. The Morgan fingerprint density at radius 3 is 3.00 bits per heavy atom. The van der Waals surface area contributed by atoms with Crippen molar-refractivity contribution in [2.45, 2.75) is 26.3 Å². The molecular weight excluding hydrogens is 180 g/mol. The molecule has 4 nitrogen and oxygen atoms in total. The van der Waals surface area contributed by atoms with E-state index < -0.39 is 0 Å². The van der Waals surface area contributed by atoms with E-state index in [0.29, 0.717) is 13.2 Å². The quantitative estimate of drug-likeness (QED) is 0.666. The van der Waals surface area contributed by atoms with E-state index in [9.17, 15) is 4.79 Å². The lowest BCUT2D eigenvalue weighted by Crippen LogP contribution is -2.40. The summed E-state index contributed by atoms with van der Waals surface area (Å²) in [6.07, 6.45) is 3.07. The average Bonchev–Trinajstić information content (AvgIpc) is 2.15. The van der Waals surface area contributed by atoms with Crippen LogP contribution in [0.5, 0.6) is 0 Å². The number of urea groups is 1. The number of amides is 2. The van der Waals surface area contributed by atoms with Crippen LogP contribution in [0.3, 0.4) is 0 Å². The zero-order chi connectivity index (χ0) is 10.4. The molecule has 0 saturated carbocycles. The fourth-order valence-electron chi connectivity index (χ4n) is 1.24. The smallest absolute Gasteiger partial charge is 0.315 e. The third kappa shape index (κ3) is 4.28. The van der Waals surface area contributed by atoms with Crippen LogP contribution >= 0.6 is 0 Å². The van der Waals surface area contributed by atoms with Crippen molar-refractivity contribution in [3.05, 3.63) is 11.6 Å². The van der Waals surface area contributed by atoms with Crippen LogP contribution in [0.15, 0.2) is 11.6 Å². The molecule has 0 fully saturated rings. The maximum absolute atomic E-state index is 11.2. The van der Waals surface area contributed by atoms with Gasteiger partial charge in [0.2, 0.25) is 0 Å². The SMILES string of the molecule is CC(C)NC(=O)NCC1=CCCOC1. The monoisotopic (exact) mass is 198 g/mol. The van der Waals surface area contributed by atoms with Crippen molar-refractivity contribution >= 4 is 6.03 Å². The lowest BCUT2D eigenvalue weighted by Gasteiger charge is -2.15. The van der Waals surface area contributed by atoms with Crippen molar-refractivity contribution in [3.8, 4) is 0 Å². The Kier molecular flexibility index (Phi) is 4.46. The molecule has 0 bridgehead atoms. The number of carbonyl (C=O) groups excluding carboxylic acids is 1. The van der Waals surface area contributed by atoms with E-state index in [2.05, 4.69) is 16.7 Å². The predicted molar refractivity (Wildman–Crippen MR) is 55.2 cm³/mol. The van der Waals surface area contributed by atoms with Crippen molar-refractivity contribution in [2.24, 2.45) is 0 Å². The highest BCUT2D eigenvalue weighted by Crippen LogP contribution is 2.03. The Morgan fingerprint density at radius 1 is 1.64 bits per heavy atom. The number of carbonyl (C=O) groups is 1. The van der Waals surface area contributed by atoms with Gasteiger partial charge in [-0.05, 0) is 25.8 Å². The van der Waals surface area contributed by atoms with Crippen LogP contribution in [-0.4, -0.2) is 31.8 Å². The molecule has 1 aliphatic rings. The minimum Gasteiger partial charge on any atom is -0.377 e. The average molecular weight is 198 g/mol. The van der Waals surface area contributed by atoms with Crippen molar-refractivity contribution in [1.29, 1.82) is 0 Å². The summed E-state index contributed by atoms with van der Waals surface area (Å²) in [7, 11) is 0. The first-order valence-corrected chi connectivity index (χ1v) is 4.98. The number of rotatable bonds is 3. The number of hydrogen-bond donors (Lipinski definition) is 2. The molecule has 2 N–H and O–H groups in total. The molecule has 0 aromatic carbocycles. The minimum absolute atomic E-state index is 0.119. The molecule has 4 heteroatoms. The van der Waals surface area contributed by atoms with Crippen LogP contribution in [0.25, 0.3) is 0 Å². The molecule has 0 atom stereocenters. The van der Waals surface area contributed by atoms with E-state index in [1.807, 2.05) is 13.8 Å². The van der Waals surface area contributed by atoms with Gasteiger partial charge in [-0.3, -0.25) is 0 Å². The molecule has 2 amide bonds. The Labute approximate surface area is 84.7 Å². The summed E-state index contributed by atoms with van der Waals surface area (Å²) in [5.41, 5.74) is 1.15. The second kappa shape index (κ2) is 5.65. The molecule has 1 heterocycles. The maximum atomic E-state index is 11.2. The summed E-state index contributed by atoms with van der Waals surface area (Å²) in [6, 6.07) is 0.0538. The molecule has 0 saturated heterocycles. The van der Waals surface area contributed by atoms with E-state index in [-0.39, 0.29) is 12.1 Å². The van der Waals surface area contributed by atoms with Gasteiger partial charge in [0.25, 0.3) is 0 Å². The first-order valence-electron chi connectivity index (χ1n) is 4.98. The maximum Gasteiger partial charge on any atom is 0.315 e. The predicted octanol–water partition coefficient (Wildman–Crippen LogP) is 1.04. The van der Waals surface area contributed by atoms with Crippen LogP contribution in [-0.2, 0) is 4.74 Å². The first kappa shape index (κ1) is 11.0.